The molecule has 0 bridgehead atoms. The lowest BCUT2D eigenvalue weighted by atomic mass is 10.1. The maximum absolute atomic E-state index is 4.90. The Labute approximate surface area is 174 Å². The molecule has 3 aromatic rings. The molecule has 2 aromatic carbocycles. The van der Waals surface area contributed by atoms with Crippen molar-refractivity contribution in [2.75, 3.05) is 0 Å². The Balaban J connectivity index is 2.04. The first kappa shape index (κ1) is 20.7. The maximum atomic E-state index is 4.90. The quantitative estimate of drug-likeness (QED) is 0.451. The third kappa shape index (κ3) is 4.68. The molecule has 3 nitrogen and oxygen atoms in total. The Morgan fingerprint density at radius 1 is 0.621 bits per heavy atom. The van der Waals surface area contributed by atoms with E-state index in [1.54, 1.807) is 0 Å². The predicted molar refractivity (Wildman–Crippen MR) is 125 cm³/mol. The van der Waals surface area contributed by atoms with Crippen LogP contribution in [-0.2, 0) is 0 Å². The molecule has 0 aliphatic rings. The molecule has 0 saturated carbocycles. The minimum Gasteiger partial charge on any atom is -0.251 e. The van der Waals surface area contributed by atoms with E-state index in [-0.39, 0.29) is 0 Å². The second-order valence-electron chi connectivity index (χ2n) is 7.79. The van der Waals surface area contributed by atoms with Crippen molar-refractivity contribution in [1.82, 2.24) is 4.98 Å². The van der Waals surface area contributed by atoms with E-state index in [1.165, 1.54) is 22.3 Å². The minimum absolute atomic E-state index is 0.888. The van der Waals surface area contributed by atoms with Crippen LogP contribution in [0.4, 0.5) is 11.4 Å². The largest absolute Gasteiger partial charge is 0.251 e. The molecule has 1 heterocycles. The molecule has 29 heavy (non-hydrogen) atoms. The van der Waals surface area contributed by atoms with Gasteiger partial charge in [-0.05, 0) is 88.4 Å². The number of rotatable bonds is 4. The van der Waals surface area contributed by atoms with E-state index in [4.69, 9.17) is 15.0 Å². The van der Waals surface area contributed by atoms with Gasteiger partial charge in [0.05, 0.1) is 34.2 Å². The first-order valence-corrected chi connectivity index (χ1v) is 9.98. The molecule has 0 unspecified atom stereocenters. The lowest BCUT2D eigenvalue weighted by molar-refractivity contribution is 1.20. The fraction of sp³-hybridized carbons (Fsp3) is 0.269. The topological polar surface area (TPSA) is 37.6 Å². The Hall–Kier alpha value is -3.07. The van der Waals surface area contributed by atoms with Gasteiger partial charge in [0.15, 0.2) is 0 Å². The van der Waals surface area contributed by atoms with Crippen LogP contribution >= 0.6 is 0 Å². The van der Waals surface area contributed by atoms with Gasteiger partial charge >= 0.3 is 0 Å². The van der Waals surface area contributed by atoms with Crippen LogP contribution in [0.3, 0.4) is 0 Å². The number of aromatic nitrogens is 1. The number of benzene rings is 2. The molecule has 0 fully saturated rings. The van der Waals surface area contributed by atoms with Gasteiger partial charge in [-0.15, -0.1) is 0 Å². The summed E-state index contributed by atoms with van der Waals surface area (Å²) in [5.74, 6) is 0. The average molecular weight is 384 g/mol. The van der Waals surface area contributed by atoms with Crippen LogP contribution < -0.4 is 0 Å². The first-order chi connectivity index (χ1) is 13.8. The Bertz CT molecular complexity index is 995. The monoisotopic (exact) mass is 383 g/mol. The van der Waals surface area contributed by atoms with Gasteiger partial charge < -0.3 is 0 Å². The molecular weight excluding hydrogens is 354 g/mol. The van der Waals surface area contributed by atoms with Crippen molar-refractivity contribution in [2.24, 2.45) is 9.98 Å². The van der Waals surface area contributed by atoms with E-state index in [2.05, 4.69) is 83.1 Å². The summed E-state index contributed by atoms with van der Waals surface area (Å²) in [4.78, 5) is 14.7. The minimum atomic E-state index is 0.888. The highest BCUT2D eigenvalue weighted by Crippen LogP contribution is 2.25. The van der Waals surface area contributed by atoms with E-state index in [0.29, 0.717) is 0 Å². The number of aliphatic imine (C=N–C) groups is 2. The zero-order valence-electron chi connectivity index (χ0n) is 18.5. The molecule has 1 aromatic heterocycles. The molecule has 0 N–H and O–H groups in total. The van der Waals surface area contributed by atoms with Crippen LogP contribution in [0.5, 0.6) is 0 Å². The fourth-order valence-electron chi connectivity index (χ4n) is 3.45. The second kappa shape index (κ2) is 8.52. The highest BCUT2D eigenvalue weighted by Gasteiger charge is 2.09. The van der Waals surface area contributed by atoms with Crippen LogP contribution in [0.25, 0.3) is 0 Å². The van der Waals surface area contributed by atoms with Crippen LogP contribution in [0, 0.1) is 34.6 Å². The third-order valence-corrected chi connectivity index (χ3v) is 5.15. The summed E-state index contributed by atoms with van der Waals surface area (Å²) in [6.45, 7) is 14.5. The summed E-state index contributed by atoms with van der Waals surface area (Å²) in [5, 5.41) is 0. The van der Waals surface area contributed by atoms with Crippen LogP contribution in [0.1, 0.15) is 53.1 Å². The number of para-hydroxylation sites is 2. The van der Waals surface area contributed by atoms with Gasteiger partial charge in [-0.3, -0.25) is 9.98 Å². The summed E-state index contributed by atoms with van der Waals surface area (Å²) < 4.78 is 0. The summed E-state index contributed by atoms with van der Waals surface area (Å²) >= 11 is 0. The zero-order chi connectivity index (χ0) is 21.1. The average Bonchev–Trinajstić information content (AvgIpc) is 2.67. The zero-order valence-corrected chi connectivity index (χ0v) is 18.5. The Kier molecular flexibility index (Phi) is 6.07. The van der Waals surface area contributed by atoms with Crippen LogP contribution in [0.2, 0.25) is 0 Å². The Morgan fingerprint density at radius 2 is 0.966 bits per heavy atom. The summed E-state index contributed by atoms with van der Waals surface area (Å²) in [7, 11) is 0. The SMILES string of the molecule is C/C(=N\c1c(C)cccc1C)c1cc(C)cc(/C(C)=N/c2c(C)cccc2C)n1. The second-order valence-corrected chi connectivity index (χ2v) is 7.79. The molecule has 0 saturated heterocycles. The van der Waals surface area contributed by atoms with Gasteiger partial charge in [-0.25, -0.2) is 4.98 Å². The van der Waals surface area contributed by atoms with E-state index in [9.17, 15) is 0 Å². The summed E-state index contributed by atoms with van der Waals surface area (Å²) in [6, 6.07) is 16.7. The highest BCUT2D eigenvalue weighted by atomic mass is 14.8. The van der Waals surface area contributed by atoms with E-state index >= 15 is 0 Å². The molecule has 0 aliphatic heterocycles. The van der Waals surface area contributed by atoms with Gasteiger partial charge in [0.2, 0.25) is 0 Å². The van der Waals surface area contributed by atoms with Gasteiger partial charge in [0, 0.05) is 0 Å². The molecular formula is C26H29N3. The molecule has 0 aliphatic carbocycles. The van der Waals surface area contributed by atoms with Crippen molar-refractivity contribution in [3.05, 3.63) is 87.7 Å². The van der Waals surface area contributed by atoms with E-state index in [1.807, 2.05) is 13.8 Å². The summed E-state index contributed by atoms with van der Waals surface area (Å²) in [5.41, 5.74) is 11.5. The number of hydrogen-bond donors (Lipinski definition) is 0. The fourth-order valence-corrected chi connectivity index (χ4v) is 3.45. The third-order valence-electron chi connectivity index (χ3n) is 5.15. The highest BCUT2D eigenvalue weighted by molar-refractivity contribution is 6.02. The maximum Gasteiger partial charge on any atom is 0.0852 e. The van der Waals surface area contributed by atoms with Crippen molar-refractivity contribution in [2.45, 2.75) is 48.5 Å². The number of hydrogen-bond acceptors (Lipinski definition) is 3. The predicted octanol–water partition coefficient (Wildman–Crippen LogP) is 6.91. The smallest absolute Gasteiger partial charge is 0.0852 e. The van der Waals surface area contributed by atoms with Gasteiger partial charge in [-0.1, -0.05) is 36.4 Å². The summed E-state index contributed by atoms with van der Waals surface area (Å²) in [6.07, 6.45) is 0. The molecule has 0 amide bonds. The van der Waals surface area contributed by atoms with Gasteiger partial charge in [0.25, 0.3) is 0 Å². The van der Waals surface area contributed by atoms with Crippen molar-refractivity contribution in [1.29, 1.82) is 0 Å². The number of nitrogens with zero attached hydrogens (tertiary/aromatic N) is 3. The van der Waals surface area contributed by atoms with Crippen LogP contribution in [0.15, 0.2) is 58.5 Å². The molecule has 0 radical (unpaired) electrons. The molecule has 3 rings (SSSR count). The van der Waals surface area contributed by atoms with E-state index < -0.39 is 0 Å². The van der Waals surface area contributed by atoms with Crippen molar-refractivity contribution < 1.29 is 0 Å². The van der Waals surface area contributed by atoms with Gasteiger partial charge in [-0.2, -0.15) is 0 Å². The Morgan fingerprint density at radius 3 is 1.31 bits per heavy atom. The van der Waals surface area contributed by atoms with Crippen molar-refractivity contribution in [3.8, 4) is 0 Å². The van der Waals surface area contributed by atoms with Gasteiger partial charge in [0.1, 0.15) is 0 Å². The van der Waals surface area contributed by atoms with E-state index in [0.717, 1.165) is 39.7 Å². The van der Waals surface area contributed by atoms with Crippen molar-refractivity contribution >= 4 is 22.8 Å². The molecule has 148 valence electrons. The number of aryl methyl sites for hydroxylation is 5. The first-order valence-electron chi connectivity index (χ1n) is 9.98. The standard InChI is InChI=1S/C26H29N3/c1-16-14-23(21(6)27-25-17(2)10-8-11-18(25)3)29-24(15-16)22(7)28-26-19(4)12-9-13-20(26)5/h8-15H,1-7H3/b27-21+,28-22+. The number of pyridine rings is 1. The molecule has 0 spiro atoms. The van der Waals surface area contributed by atoms with Crippen molar-refractivity contribution in [3.63, 3.8) is 0 Å². The lowest BCUT2D eigenvalue weighted by Gasteiger charge is -2.10. The molecule has 0 atom stereocenters. The van der Waals surface area contributed by atoms with Crippen LogP contribution in [-0.4, -0.2) is 16.4 Å². The molecule has 3 heteroatoms. The lowest BCUT2D eigenvalue weighted by Crippen LogP contribution is -2.06. The normalized spacial score (nSPS) is 12.4.